The molecule has 0 aromatic heterocycles. The van der Waals surface area contributed by atoms with Gasteiger partial charge in [0.2, 0.25) is 0 Å². The van der Waals surface area contributed by atoms with Crippen LogP contribution in [-0.4, -0.2) is 6.21 Å². The zero-order valence-electron chi connectivity index (χ0n) is 10.1. The highest BCUT2D eigenvalue weighted by atomic mass is 32.2. The van der Waals surface area contributed by atoms with Gasteiger partial charge in [0, 0.05) is 6.21 Å². The number of benzene rings is 2. The van der Waals surface area contributed by atoms with Crippen molar-refractivity contribution in [2.75, 3.05) is 0 Å². The van der Waals surface area contributed by atoms with E-state index in [1.54, 1.807) is 11.8 Å². The molecule has 1 atom stereocenters. The van der Waals surface area contributed by atoms with Gasteiger partial charge in [-0.1, -0.05) is 36.0 Å². The minimum absolute atomic E-state index is 0.156. The summed E-state index contributed by atoms with van der Waals surface area (Å²) >= 11 is 1.75. The summed E-state index contributed by atoms with van der Waals surface area (Å²) in [5.41, 5.74) is 1.21. The molecule has 2 aromatic carbocycles. The normalized spacial score (nSPS) is 18.8. The summed E-state index contributed by atoms with van der Waals surface area (Å²) in [5.74, 6) is 1.87. The smallest absolute Gasteiger partial charge is 0.141 e. The highest BCUT2D eigenvalue weighted by molar-refractivity contribution is 7.99. The molecular formula is C16H11NOS. The van der Waals surface area contributed by atoms with Crippen LogP contribution in [0.4, 0.5) is 0 Å². The predicted molar refractivity (Wildman–Crippen MR) is 77.5 cm³/mol. The van der Waals surface area contributed by atoms with Crippen molar-refractivity contribution in [2.45, 2.75) is 15.8 Å². The second-order valence-corrected chi connectivity index (χ2v) is 5.57. The fraction of sp³-hybridized carbons (Fsp3) is 0.0625. The number of rotatable bonds is 1. The SMILES string of the molecule is C1=CC(c2ccc3c(c2)Sc2ccccc2O3)N=C1. The molecule has 0 fully saturated rings. The lowest BCUT2D eigenvalue weighted by Gasteiger charge is -2.20. The average molecular weight is 265 g/mol. The van der Waals surface area contributed by atoms with Crippen molar-refractivity contribution in [1.82, 2.24) is 0 Å². The maximum Gasteiger partial charge on any atom is 0.141 e. The Morgan fingerprint density at radius 2 is 1.89 bits per heavy atom. The summed E-state index contributed by atoms with van der Waals surface area (Å²) in [5, 5.41) is 0. The number of hydrogen-bond donors (Lipinski definition) is 0. The zero-order chi connectivity index (χ0) is 12.7. The van der Waals surface area contributed by atoms with Crippen molar-refractivity contribution in [1.29, 1.82) is 0 Å². The highest BCUT2D eigenvalue weighted by Crippen LogP contribution is 2.47. The molecule has 0 radical (unpaired) electrons. The van der Waals surface area contributed by atoms with Crippen LogP contribution in [0.1, 0.15) is 11.6 Å². The Balaban J connectivity index is 1.74. The van der Waals surface area contributed by atoms with E-state index in [-0.39, 0.29) is 6.04 Å². The van der Waals surface area contributed by atoms with Crippen LogP contribution in [0, 0.1) is 0 Å². The summed E-state index contributed by atoms with van der Waals surface area (Å²) in [4.78, 5) is 6.74. The molecule has 0 saturated carbocycles. The van der Waals surface area contributed by atoms with E-state index in [9.17, 15) is 0 Å². The third-order valence-electron chi connectivity index (χ3n) is 3.22. The van der Waals surface area contributed by atoms with Crippen molar-refractivity contribution in [3.63, 3.8) is 0 Å². The van der Waals surface area contributed by atoms with Crippen molar-refractivity contribution in [3.05, 3.63) is 60.2 Å². The van der Waals surface area contributed by atoms with Gasteiger partial charge in [-0.25, -0.2) is 0 Å². The van der Waals surface area contributed by atoms with Gasteiger partial charge in [0.05, 0.1) is 15.8 Å². The van der Waals surface area contributed by atoms with Crippen LogP contribution in [0.2, 0.25) is 0 Å². The van der Waals surface area contributed by atoms with Gasteiger partial charge in [-0.05, 0) is 35.9 Å². The zero-order valence-corrected chi connectivity index (χ0v) is 10.9. The molecule has 0 spiro atoms. The molecule has 2 aliphatic rings. The van der Waals surface area contributed by atoms with Crippen LogP contribution >= 0.6 is 11.8 Å². The minimum atomic E-state index is 0.156. The summed E-state index contributed by atoms with van der Waals surface area (Å²) < 4.78 is 5.92. The highest BCUT2D eigenvalue weighted by Gasteiger charge is 2.19. The van der Waals surface area contributed by atoms with Crippen LogP contribution in [0.5, 0.6) is 11.5 Å². The number of aliphatic imine (C=N–C) groups is 1. The Bertz CT molecular complexity index is 694. The molecule has 0 N–H and O–H groups in total. The third kappa shape index (κ3) is 1.87. The van der Waals surface area contributed by atoms with E-state index in [1.807, 2.05) is 36.6 Å². The van der Waals surface area contributed by atoms with E-state index in [0.29, 0.717) is 0 Å². The van der Waals surface area contributed by atoms with Gasteiger partial charge in [-0.3, -0.25) is 4.99 Å². The Labute approximate surface area is 115 Å². The first-order chi connectivity index (χ1) is 9.40. The van der Waals surface area contributed by atoms with E-state index in [0.717, 1.165) is 21.3 Å². The standard InChI is InChI=1S/C16H11NOS/c1-2-6-15-13(5-1)18-14-8-7-11(10-16(14)19-15)12-4-3-9-17-12/h1-10,12H. The Morgan fingerprint density at radius 1 is 1.00 bits per heavy atom. The number of fused-ring (bicyclic) bond motifs is 2. The number of nitrogens with zero attached hydrogens (tertiary/aromatic N) is 1. The lowest BCUT2D eigenvalue weighted by molar-refractivity contribution is 0.454. The van der Waals surface area contributed by atoms with Gasteiger partial charge in [0.25, 0.3) is 0 Å². The number of allylic oxidation sites excluding steroid dienone is 1. The molecule has 92 valence electrons. The molecule has 0 amide bonds. The first kappa shape index (κ1) is 10.9. The van der Waals surface area contributed by atoms with Gasteiger partial charge in [0.1, 0.15) is 11.5 Å². The maximum absolute atomic E-state index is 5.92. The molecule has 0 bridgehead atoms. The van der Waals surface area contributed by atoms with Gasteiger partial charge >= 0.3 is 0 Å². The fourth-order valence-corrected chi connectivity index (χ4v) is 3.27. The lowest BCUT2D eigenvalue weighted by Crippen LogP contribution is -1.97. The molecule has 3 heteroatoms. The maximum atomic E-state index is 5.92. The van der Waals surface area contributed by atoms with Crippen LogP contribution in [0.15, 0.2) is 69.4 Å². The largest absolute Gasteiger partial charge is 0.455 e. The summed E-state index contributed by atoms with van der Waals surface area (Å²) in [6.45, 7) is 0. The van der Waals surface area contributed by atoms with Gasteiger partial charge in [-0.15, -0.1) is 0 Å². The Kier molecular flexibility index (Phi) is 2.45. The molecule has 2 aliphatic heterocycles. The number of ether oxygens (including phenoxy) is 1. The van der Waals surface area contributed by atoms with E-state index >= 15 is 0 Å². The topological polar surface area (TPSA) is 21.6 Å². The number of hydrogen-bond acceptors (Lipinski definition) is 3. The van der Waals surface area contributed by atoms with Crippen molar-refractivity contribution in [3.8, 4) is 11.5 Å². The first-order valence-electron chi connectivity index (χ1n) is 6.19. The Hall–Kier alpha value is -2.00. The third-order valence-corrected chi connectivity index (χ3v) is 4.32. The summed E-state index contributed by atoms with van der Waals surface area (Å²) in [6, 6.07) is 14.6. The van der Waals surface area contributed by atoms with E-state index in [1.165, 1.54) is 5.56 Å². The first-order valence-corrected chi connectivity index (χ1v) is 7.00. The molecule has 2 aromatic rings. The van der Waals surface area contributed by atoms with Crippen molar-refractivity contribution in [2.24, 2.45) is 4.99 Å². The number of para-hydroxylation sites is 1. The monoisotopic (exact) mass is 265 g/mol. The van der Waals surface area contributed by atoms with Crippen LogP contribution in [-0.2, 0) is 0 Å². The second kappa shape index (κ2) is 4.28. The van der Waals surface area contributed by atoms with Crippen molar-refractivity contribution < 1.29 is 4.74 Å². The molecule has 0 aliphatic carbocycles. The summed E-state index contributed by atoms with van der Waals surface area (Å²) in [7, 11) is 0. The predicted octanol–water partition coefficient (Wildman–Crippen LogP) is 4.63. The van der Waals surface area contributed by atoms with Crippen LogP contribution in [0.25, 0.3) is 0 Å². The minimum Gasteiger partial charge on any atom is -0.455 e. The molecular weight excluding hydrogens is 254 g/mol. The van der Waals surface area contributed by atoms with Crippen LogP contribution in [0.3, 0.4) is 0 Å². The molecule has 19 heavy (non-hydrogen) atoms. The van der Waals surface area contributed by atoms with Crippen molar-refractivity contribution >= 4 is 18.0 Å². The summed E-state index contributed by atoms with van der Waals surface area (Å²) in [6.07, 6.45) is 5.94. The van der Waals surface area contributed by atoms with Gasteiger partial charge < -0.3 is 4.74 Å². The second-order valence-electron chi connectivity index (χ2n) is 4.48. The molecule has 0 saturated heterocycles. The van der Waals surface area contributed by atoms with E-state index in [2.05, 4.69) is 29.3 Å². The molecule has 4 rings (SSSR count). The van der Waals surface area contributed by atoms with E-state index < -0.39 is 0 Å². The van der Waals surface area contributed by atoms with E-state index in [4.69, 9.17) is 4.74 Å². The molecule has 2 heterocycles. The van der Waals surface area contributed by atoms with Gasteiger partial charge in [0.15, 0.2) is 0 Å². The van der Waals surface area contributed by atoms with Crippen LogP contribution < -0.4 is 4.74 Å². The quantitative estimate of drug-likeness (QED) is 0.640. The Morgan fingerprint density at radius 3 is 2.79 bits per heavy atom. The lowest BCUT2D eigenvalue weighted by atomic mass is 10.1. The molecule has 1 unspecified atom stereocenters. The average Bonchev–Trinajstić information content (AvgIpc) is 2.98. The van der Waals surface area contributed by atoms with Gasteiger partial charge in [-0.2, -0.15) is 0 Å². The molecule has 2 nitrogen and oxygen atoms in total. The fourth-order valence-electron chi connectivity index (χ4n) is 2.27.